The van der Waals surface area contributed by atoms with Crippen LogP contribution in [-0.4, -0.2) is 25.0 Å². The zero-order valence-corrected chi connectivity index (χ0v) is 14.4. The molecule has 2 aliphatic rings. The van der Waals surface area contributed by atoms with E-state index in [2.05, 4.69) is 10.6 Å². The third-order valence-corrected chi connectivity index (χ3v) is 2.65. The van der Waals surface area contributed by atoms with Gasteiger partial charge in [-0.25, -0.2) is 0 Å². The van der Waals surface area contributed by atoms with Crippen LogP contribution in [0.2, 0.25) is 0 Å². The Morgan fingerprint density at radius 2 is 1.82 bits per heavy atom. The Hall–Kier alpha value is 1.09. The molecule has 0 radical (unpaired) electrons. The minimum absolute atomic E-state index is 0.414. The van der Waals surface area contributed by atoms with Crippen LogP contribution in [0.4, 0.5) is 0 Å². The summed E-state index contributed by atoms with van der Waals surface area (Å²) < 4.78 is 0. The molecule has 0 aliphatic carbocycles. The fourth-order valence-electron chi connectivity index (χ4n) is 1.11. The van der Waals surface area contributed by atoms with Gasteiger partial charge in [-0.05, 0) is 0 Å². The van der Waals surface area contributed by atoms with Crippen LogP contribution in [0.3, 0.4) is 0 Å². The second-order valence-electron chi connectivity index (χ2n) is 3.16. The van der Waals surface area contributed by atoms with Crippen LogP contribution >= 0.6 is 42.0 Å². The van der Waals surface area contributed by atoms with Crippen molar-refractivity contribution in [2.24, 2.45) is 0 Å². The second kappa shape index (κ2) is 13.5. The van der Waals surface area contributed by atoms with Gasteiger partial charge in [0.15, 0.2) is 0 Å². The molecule has 0 aromatic heterocycles. The van der Waals surface area contributed by atoms with E-state index in [0.717, 1.165) is 37.5 Å². The minimum atomic E-state index is -0.472. The summed E-state index contributed by atoms with van der Waals surface area (Å²) in [7, 11) is 9.75. The molecule has 102 valence electrons. The SMILES string of the molecule is ClC1=CC[N-]C=C1.ClC1CC[N-]CC1.[Cl][Pt+2][Cl]. The fraction of sp³-hybridized carbons (Fsp3) is 0.600. The number of hydrogen-bond donors (Lipinski definition) is 0. The first-order valence-corrected chi connectivity index (χ1v) is 11.4. The number of piperidine rings is 1. The summed E-state index contributed by atoms with van der Waals surface area (Å²) in [6, 6.07) is 0. The van der Waals surface area contributed by atoms with Crippen molar-refractivity contribution in [3.8, 4) is 0 Å². The average molecular weight is 499 g/mol. The van der Waals surface area contributed by atoms with Crippen LogP contribution in [0.25, 0.3) is 10.6 Å². The number of nitrogens with zero attached hydrogens (tertiary/aromatic N) is 2. The first-order chi connectivity index (χ1) is 8.20. The van der Waals surface area contributed by atoms with Gasteiger partial charge in [0, 0.05) is 10.4 Å². The van der Waals surface area contributed by atoms with E-state index in [4.69, 9.17) is 42.0 Å². The Bertz CT molecular complexity index is 230. The number of hydrogen-bond acceptors (Lipinski definition) is 0. The van der Waals surface area contributed by atoms with Gasteiger partial charge >= 0.3 is 35.3 Å². The van der Waals surface area contributed by atoms with Crippen LogP contribution in [0.15, 0.2) is 23.4 Å². The third-order valence-electron chi connectivity index (χ3n) is 1.93. The van der Waals surface area contributed by atoms with Gasteiger partial charge in [0.05, 0.1) is 0 Å². The molecule has 0 saturated carbocycles. The number of halogens is 4. The van der Waals surface area contributed by atoms with E-state index in [1.54, 1.807) is 12.3 Å². The molecule has 0 atom stereocenters. The Morgan fingerprint density at radius 1 is 1.24 bits per heavy atom. The van der Waals surface area contributed by atoms with E-state index >= 15 is 0 Å². The van der Waals surface area contributed by atoms with Gasteiger partial charge in [-0.1, -0.05) is 36.6 Å². The maximum absolute atomic E-state index is 5.76. The summed E-state index contributed by atoms with van der Waals surface area (Å²) in [5.74, 6) is 0. The van der Waals surface area contributed by atoms with Crippen LogP contribution in [0.5, 0.6) is 0 Å². The summed E-state index contributed by atoms with van der Waals surface area (Å²) >= 11 is 10.8. The summed E-state index contributed by atoms with van der Waals surface area (Å²) in [6.45, 7) is 2.69. The monoisotopic (exact) mass is 497 g/mol. The maximum atomic E-state index is 5.76. The summed E-state index contributed by atoms with van der Waals surface area (Å²) in [6.07, 6.45) is 7.51. The summed E-state index contributed by atoms with van der Waals surface area (Å²) in [4.78, 5) is 0. The zero-order valence-electron chi connectivity index (χ0n) is 9.07. The number of alkyl halides is 1. The van der Waals surface area contributed by atoms with Crippen molar-refractivity contribution < 1.29 is 16.5 Å². The van der Waals surface area contributed by atoms with E-state index in [9.17, 15) is 0 Å². The molecule has 0 bridgehead atoms. The summed E-state index contributed by atoms with van der Waals surface area (Å²) in [5.41, 5.74) is 0. The molecule has 1 fully saturated rings. The molecular weight excluding hydrogens is 485 g/mol. The van der Waals surface area contributed by atoms with E-state index in [0.29, 0.717) is 5.38 Å². The number of allylic oxidation sites excluding steroid dienone is 2. The van der Waals surface area contributed by atoms with Gasteiger partial charge in [0.25, 0.3) is 0 Å². The van der Waals surface area contributed by atoms with Crippen molar-refractivity contribution in [1.82, 2.24) is 0 Å². The molecule has 2 nitrogen and oxygen atoms in total. The molecular formula is C10H14Cl4N2Pt. The van der Waals surface area contributed by atoms with Gasteiger partial charge in [-0.3, -0.25) is 0 Å². The van der Waals surface area contributed by atoms with Gasteiger partial charge in [-0.15, -0.1) is 31.2 Å². The van der Waals surface area contributed by atoms with E-state index in [1.807, 2.05) is 6.08 Å². The van der Waals surface area contributed by atoms with Crippen LogP contribution < -0.4 is 0 Å². The molecule has 0 aromatic carbocycles. The molecule has 2 heterocycles. The normalized spacial score (nSPS) is 19.2. The van der Waals surface area contributed by atoms with Gasteiger partial charge in [0.2, 0.25) is 0 Å². The van der Waals surface area contributed by atoms with Crippen molar-refractivity contribution in [3.05, 3.63) is 34.0 Å². The van der Waals surface area contributed by atoms with Crippen molar-refractivity contribution in [2.45, 2.75) is 18.2 Å². The summed E-state index contributed by atoms with van der Waals surface area (Å²) in [5, 5.41) is 9.23. The van der Waals surface area contributed by atoms with Gasteiger partial charge < -0.3 is 10.6 Å². The Balaban J connectivity index is 0.000000247. The Kier molecular flexibility index (Phi) is 14.4. The molecule has 1 saturated heterocycles. The standard InChI is InChI=1S/C5H9ClN.C5H5ClN.2ClH.Pt/c2*6-5-1-3-7-4-2-5;;;/h5H,1-4H2;1-3H,4H2;2*1H;/q2*-1;;;+4/p-2. The molecule has 17 heavy (non-hydrogen) atoms. The van der Waals surface area contributed by atoms with Crippen molar-refractivity contribution >= 4 is 42.0 Å². The first kappa shape index (κ1) is 18.1. The van der Waals surface area contributed by atoms with E-state index in [1.165, 1.54) is 0 Å². The molecule has 0 aromatic rings. The molecule has 0 amide bonds. The topological polar surface area (TPSA) is 28.2 Å². The van der Waals surface area contributed by atoms with Crippen molar-refractivity contribution in [2.75, 3.05) is 19.6 Å². The first-order valence-electron chi connectivity index (χ1n) is 4.99. The van der Waals surface area contributed by atoms with Crippen LogP contribution in [0.1, 0.15) is 12.8 Å². The Labute approximate surface area is 129 Å². The van der Waals surface area contributed by atoms with Crippen molar-refractivity contribution in [1.29, 1.82) is 0 Å². The van der Waals surface area contributed by atoms with E-state index < -0.39 is 16.5 Å². The second-order valence-corrected chi connectivity index (χ2v) is 7.50. The fourth-order valence-corrected chi connectivity index (χ4v) is 1.43. The van der Waals surface area contributed by atoms with Crippen LogP contribution in [-0.2, 0) is 16.5 Å². The molecule has 0 spiro atoms. The Morgan fingerprint density at radius 3 is 2.06 bits per heavy atom. The molecule has 7 heteroatoms. The molecule has 2 rings (SSSR count). The predicted octanol–water partition coefficient (Wildman–Crippen LogP) is 5.15. The number of rotatable bonds is 0. The molecule has 0 unspecified atom stereocenters. The predicted molar refractivity (Wildman–Crippen MR) is 75.0 cm³/mol. The third kappa shape index (κ3) is 13.3. The van der Waals surface area contributed by atoms with Crippen LogP contribution in [0, 0.1) is 0 Å². The molecule has 2 aliphatic heterocycles. The molecule has 0 N–H and O–H groups in total. The van der Waals surface area contributed by atoms with Gasteiger partial charge in [0.1, 0.15) is 0 Å². The average Bonchev–Trinajstić information content (AvgIpc) is 2.33. The quantitative estimate of drug-likeness (QED) is 0.413. The van der Waals surface area contributed by atoms with Gasteiger partial charge in [-0.2, -0.15) is 6.20 Å². The zero-order chi connectivity index (χ0) is 12.9. The van der Waals surface area contributed by atoms with Crippen molar-refractivity contribution in [3.63, 3.8) is 0 Å². The van der Waals surface area contributed by atoms with E-state index in [-0.39, 0.29) is 0 Å².